The van der Waals surface area contributed by atoms with Gasteiger partial charge >= 0.3 is 5.69 Å². The third-order valence-electron chi connectivity index (χ3n) is 4.00. The Morgan fingerprint density at radius 3 is 2.17 bits per heavy atom. The van der Waals surface area contributed by atoms with Crippen LogP contribution in [0.5, 0.6) is 0 Å². The van der Waals surface area contributed by atoms with E-state index in [1.165, 1.54) is 0 Å². The predicted molar refractivity (Wildman–Crippen MR) is 115 cm³/mol. The molecule has 0 amide bonds. The van der Waals surface area contributed by atoms with Crippen molar-refractivity contribution in [3.63, 3.8) is 0 Å². The van der Waals surface area contributed by atoms with Gasteiger partial charge in [0, 0.05) is 24.8 Å². The average Bonchev–Trinajstić information content (AvgIpc) is 2.69. The molecule has 0 fully saturated rings. The molecule has 0 atom stereocenters. The van der Waals surface area contributed by atoms with Gasteiger partial charge in [-0.25, -0.2) is 10.2 Å². The van der Waals surface area contributed by atoms with Gasteiger partial charge < -0.3 is 4.90 Å². The van der Waals surface area contributed by atoms with Gasteiger partial charge in [-0.05, 0) is 60.5 Å². The summed E-state index contributed by atoms with van der Waals surface area (Å²) in [5, 5.41) is 35.7. The van der Waals surface area contributed by atoms with E-state index >= 15 is 0 Å². The summed E-state index contributed by atoms with van der Waals surface area (Å²) in [6.45, 7) is 7.76. The number of nitrogens with one attached hydrogen (secondary N) is 1. The minimum atomic E-state index is -0.720. The lowest BCUT2D eigenvalue weighted by Gasteiger charge is -2.21. The van der Waals surface area contributed by atoms with E-state index < -0.39 is 21.2 Å². The van der Waals surface area contributed by atoms with Crippen LogP contribution in [-0.4, -0.2) is 29.0 Å². The molecule has 0 saturated heterocycles. The van der Waals surface area contributed by atoms with Gasteiger partial charge in [0.25, 0.3) is 5.69 Å². The number of anilines is 1. The fourth-order valence-corrected chi connectivity index (χ4v) is 3.07. The van der Waals surface area contributed by atoms with Crippen LogP contribution in [0.2, 0.25) is 0 Å². The van der Waals surface area contributed by atoms with Crippen molar-refractivity contribution >= 4 is 50.4 Å². The average molecular weight is 479 g/mol. The van der Waals surface area contributed by atoms with Gasteiger partial charge in [0.15, 0.2) is 5.69 Å². The first kappa shape index (κ1) is 24.5. The van der Waals surface area contributed by atoms with E-state index in [0.29, 0.717) is 5.69 Å². The lowest BCUT2D eigenvalue weighted by Crippen LogP contribution is -2.21. The van der Waals surface area contributed by atoms with Gasteiger partial charge in [-0.3, -0.25) is 20.2 Å². The Kier molecular flexibility index (Phi) is 9.40. The number of non-ortho nitro benzene ring substituents is 1. The molecule has 0 heterocycles. The lowest BCUT2D eigenvalue weighted by molar-refractivity contribution is -0.393. The second-order valence-corrected chi connectivity index (χ2v) is 6.61. The molecular weight excluding hydrogens is 460 g/mol. The van der Waals surface area contributed by atoms with Crippen LogP contribution < -0.4 is 4.90 Å². The van der Waals surface area contributed by atoms with Crippen molar-refractivity contribution in [2.45, 2.75) is 20.8 Å². The molecule has 0 unspecified atom stereocenters. The van der Waals surface area contributed by atoms with Gasteiger partial charge in [0.1, 0.15) is 0 Å². The molecule has 2 aromatic rings. The van der Waals surface area contributed by atoms with Crippen molar-refractivity contribution < 1.29 is 14.6 Å². The van der Waals surface area contributed by atoms with Crippen LogP contribution in [-0.2, 0) is 4.79 Å². The van der Waals surface area contributed by atoms with Crippen LogP contribution >= 0.6 is 15.9 Å². The minimum Gasteiger partial charge on any atom is -0.372 e. The number of aryl methyl sites for hydroxylation is 1. The molecule has 0 aromatic heterocycles. The molecule has 30 heavy (non-hydrogen) atoms. The lowest BCUT2D eigenvalue weighted by atomic mass is 10.1. The van der Waals surface area contributed by atoms with E-state index in [9.17, 15) is 20.2 Å². The van der Waals surface area contributed by atoms with Gasteiger partial charge in [-0.1, -0.05) is 0 Å². The molecule has 0 spiro atoms. The smallest absolute Gasteiger partial charge is 0.304 e. The zero-order valence-electron chi connectivity index (χ0n) is 16.5. The van der Waals surface area contributed by atoms with Crippen LogP contribution in [0.15, 0.2) is 45.0 Å². The van der Waals surface area contributed by atoms with Crippen molar-refractivity contribution in [2.24, 2.45) is 10.2 Å². The number of isocyanates is 1. The Morgan fingerprint density at radius 1 is 1.10 bits per heavy atom. The number of rotatable bonds is 7. The van der Waals surface area contributed by atoms with Crippen LogP contribution in [0, 0.1) is 32.6 Å². The largest absolute Gasteiger partial charge is 0.372 e. The maximum Gasteiger partial charge on any atom is 0.304 e. The highest BCUT2D eigenvalue weighted by molar-refractivity contribution is 9.10. The Hall–Kier alpha value is -3.50. The summed E-state index contributed by atoms with van der Waals surface area (Å²) >= 11 is 3.11. The maximum absolute atomic E-state index is 11.3. The first-order valence-electron chi connectivity index (χ1n) is 8.63. The Balaban J connectivity index is 0.00000141. The number of nitrogens with zero attached hydrogens (tertiary/aromatic N) is 5. The van der Waals surface area contributed by atoms with Crippen LogP contribution in [0.3, 0.4) is 0 Å². The molecule has 12 heteroatoms. The molecule has 0 saturated carbocycles. The highest BCUT2D eigenvalue weighted by atomic mass is 79.9. The van der Waals surface area contributed by atoms with E-state index in [0.717, 1.165) is 42.6 Å². The summed E-state index contributed by atoms with van der Waals surface area (Å²) in [5.41, 5.74) is 1.52. The summed E-state index contributed by atoms with van der Waals surface area (Å²) in [5.74, 6) is 0. The Morgan fingerprint density at radius 2 is 1.70 bits per heavy atom. The number of hydrogen-bond acceptors (Lipinski definition) is 9. The van der Waals surface area contributed by atoms with E-state index in [2.05, 4.69) is 44.9 Å². The molecule has 1 N–H and O–H groups in total. The summed E-state index contributed by atoms with van der Waals surface area (Å²) in [6, 6.07) is 7.71. The van der Waals surface area contributed by atoms with Gasteiger partial charge in [0.05, 0.1) is 26.1 Å². The molecule has 0 aliphatic rings. The van der Waals surface area contributed by atoms with Crippen molar-refractivity contribution in [1.82, 2.24) is 0 Å². The van der Waals surface area contributed by atoms with E-state index in [-0.39, 0.29) is 10.2 Å². The Bertz CT molecular complexity index is 1000. The normalized spacial score (nSPS) is 10.1. The molecule has 0 aliphatic heterocycles. The van der Waals surface area contributed by atoms with Gasteiger partial charge in [0.2, 0.25) is 6.08 Å². The van der Waals surface area contributed by atoms with Crippen molar-refractivity contribution in [3.05, 3.63) is 60.6 Å². The van der Waals surface area contributed by atoms with E-state index in [1.54, 1.807) is 6.07 Å². The molecular formula is C18H19BrN6O5. The van der Waals surface area contributed by atoms with E-state index in [4.69, 9.17) is 10.2 Å². The summed E-state index contributed by atoms with van der Waals surface area (Å²) < 4.78 is 0.129. The highest BCUT2D eigenvalue weighted by Gasteiger charge is 2.23. The number of hydrogen-bond donors (Lipinski definition) is 1. The van der Waals surface area contributed by atoms with Crippen LogP contribution in [0.1, 0.15) is 19.4 Å². The number of azo groups is 1. The molecule has 2 aromatic carbocycles. The molecule has 2 rings (SSSR count). The summed E-state index contributed by atoms with van der Waals surface area (Å²) in [6.07, 6.45) is 0.750. The summed E-state index contributed by atoms with van der Waals surface area (Å²) in [7, 11) is 0. The fraction of sp³-hybridized carbons (Fsp3) is 0.278. The molecule has 0 bridgehead atoms. The monoisotopic (exact) mass is 478 g/mol. The third-order valence-corrected chi connectivity index (χ3v) is 4.61. The summed E-state index contributed by atoms with van der Waals surface area (Å²) in [4.78, 5) is 31.3. The maximum atomic E-state index is 11.3. The molecule has 11 nitrogen and oxygen atoms in total. The topological polar surface area (TPSA) is 155 Å². The van der Waals surface area contributed by atoms with E-state index in [1.807, 2.05) is 19.1 Å². The molecule has 158 valence electrons. The standard InChI is InChI=1S/C17H18BrN5O4.CHNO/c1-4-21(5-2)12-6-7-15(11(3)8-12)19-20-17-14(18)9-13(22(24)25)10-16(17)23(26)27;2-1-3/h6-10H,4-5H2,1-3H3;2H. The second kappa shape index (κ2) is 11.5. The SMILES string of the molecule is CCN(CC)c1ccc(N=Nc2c(Br)cc([N+](=O)[O-])cc2[N+](=O)[O-])c(C)c1.N=C=O. The Labute approximate surface area is 180 Å². The highest BCUT2D eigenvalue weighted by Crippen LogP contribution is 2.40. The fourth-order valence-electron chi connectivity index (χ4n) is 2.56. The number of nitro groups is 2. The van der Waals surface area contributed by atoms with Crippen LogP contribution in [0.4, 0.5) is 28.4 Å². The zero-order chi connectivity index (χ0) is 22.8. The zero-order valence-corrected chi connectivity index (χ0v) is 18.0. The molecule has 0 radical (unpaired) electrons. The second-order valence-electron chi connectivity index (χ2n) is 5.75. The first-order chi connectivity index (χ1) is 14.2. The van der Waals surface area contributed by atoms with Gasteiger partial charge in [-0.15, -0.1) is 10.2 Å². The number of benzene rings is 2. The van der Waals surface area contributed by atoms with Crippen molar-refractivity contribution in [3.8, 4) is 0 Å². The predicted octanol–water partition coefficient (Wildman–Crippen LogP) is 5.74. The number of nitro benzene ring substituents is 2. The van der Waals surface area contributed by atoms with Gasteiger partial charge in [-0.2, -0.15) is 0 Å². The minimum absolute atomic E-state index is 0.0715. The third kappa shape index (κ3) is 6.26. The first-order valence-corrected chi connectivity index (χ1v) is 9.42. The quantitative estimate of drug-likeness (QED) is 0.176. The van der Waals surface area contributed by atoms with Crippen LogP contribution in [0.25, 0.3) is 0 Å². The number of carbonyl (C=O) groups excluding carboxylic acids is 1. The van der Waals surface area contributed by atoms with Crippen molar-refractivity contribution in [2.75, 3.05) is 18.0 Å². The number of halogens is 1. The molecule has 0 aliphatic carbocycles. The van der Waals surface area contributed by atoms with Crippen molar-refractivity contribution in [1.29, 1.82) is 5.41 Å².